The predicted octanol–water partition coefficient (Wildman–Crippen LogP) is 2.86. The van der Waals surface area contributed by atoms with Crippen molar-refractivity contribution in [1.82, 2.24) is 10.2 Å². The summed E-state index contributed by atoms with van der Waals surface area (Å²) in [6.07, 6.45) is 0.175. The van der Waals surface area contributed by atoms with Crippen LogP contribution >= 0.6 is 0 Å². The summed E-state index contributed by atoms with van der Waals surface area (Å²) >= 11 is 0. The molecule has 2 aromatic carbocycles. The lowest BCUT2D eigenvalue weighted by Crippen LogP contribution is -2.56. The van der Waals surface area contributed by atoms with E-state index in [1.165, 1.54) is 18.1 Å². The summed E-state index contributed by atoms with van der Waals surface area (Å²) in [6.45, 7) is 2.69. The lowest BCUT2D eigenvalue weighted by molar-refractivity contribution is -0.177. The van der Waals surface area contributed by atoms with Gasteiger partial charge in [-0.25, -0.2) is 9.59 Å². The standard InChI is InChI=1S/C26H28N2O6/c1-26(24(30)31)15-28(10-11-34-26)23(29)21-12-16(21)13-27-25(32)33-14-22-19-8-4-2-6-17(19)18-7-3-5-9-20(18)22/h2-9,16,21-22H,10-15H2,1H3,(H,27,32)(H,30,31)/t16-,21-,26?/m0/s1. The minimum Gasteiger partial charge on any atom is -0.479 e. The van der Waals surface area contributed by atoms with Gasteiger partial charge in [0, 0.05) is 24.9 Å². The summed E-state index contributed by atoms with van der Waals surface area (Å²) in [5.41, 5.74) is 3.28. The Morgan fingerprint density at radius 3 is 2.41 bits per heavy atom. The van der Waals surface area contributed by atoms with Crippen molar-refractivity contribution in [3.63, 3.8) is 0 Å². The first-order chi connectivity index (χ1) is 16.4. The number of amides is 2. The largest absolute Gasteiger partial charge is 0.479 e. The number of carboxylic acid groups (broad SMARTS) is 1. The topological polar surface area (TPSA) is 105 Å². The molecule has 2 N–H and O–H groups in total. The highest BCUT2D eigenvalue weighted by Gasteiger charge is 2.48. The molecule has 8 heteroatoms. The number of hydrogen-bond acceptors (Lipinski definition) is 5. The Kier molecular flexibility index (Phi) is 5.77. The highest BCUT2D eigenvalue weighted by atomic mass is 16.5. The van der Waals surface area contributed by atoms with Crippen LogP contribution in [0.25, 0.3) is 11.1 Å². The molecule has 3 aliphatic rings. The number of carbonyl (C=O) groups is 3. The summed E-state index contributed by atoms with van der Waals surface area (Å²) in [5, 5.41) is 12.1. The van der Waals surface area contributed by atoms with E-state index < -0.39 is 17.7 Å². The van der Waals surface area contributed by atoms with E-state index in [0.29, 0.717) is 19.5 Å². The lowest BCUT2D eigenvalue weighted by atomic mass is 9.98. The molecule has 5 rings (SSSR count). The Bertz CT molecular complexity index is 1090. The van der Waals surface area contributed by atoms with Gasteiger partial charge >= 0.3 is 12.1 Å². The second-order valence-corrected chi connectivity index (χ2v) is 9.45. The average molecular weight is 465 g/mol. The molecule has 1 heterocycles. The number of nitrogens with one attached hydrogen (secondary N) is 1. The van der Waals surface area contributed by atoms with E-state index in [0.717, 1.165) is 11.1 Å². The van der Waals surface area contributed by atoms with Gasteiger partial charge in [0.2, 0.25) is 5.91 Å². The second-order valence-electron chi connectivity index (χ2n) is 9.45. The molecule has 8 nitrogen and oxygen atoms in total. The van der Waals surface area contributed by atoms with Crippen LogP contribution < -0.4 is 5.32 Å². The van der Waals surface area contributed by atoms with E-state index in [1.54, 1.807) is 4.90 Å². The number of hydrogen-bond donors (Lipinski definition) is 2. The van der Waals surface area contributed by atoms with E-state index in [1.807, 2.05) is 24.3 Å². The predicted molar refractivity (Wildman–Crippen MR) is 123 cm³/mol. The fourth-order valence-electron chi connectivity index (χ4n) is 5.06. The number of nitrogens with zero attached hydrogens (tertiary/aromatic N) is 1. The number of benzene rings is 2. The third-order valence-electron chi connectivity index (χ3n) is 7.13. The number of alkyl carbamates (subject to hydrolysis) is 1. The normalized spacial score (nSPS) is 25.3. The van der Waals surface area contributed by atoms with Crippen molar-refractivity contribution < 1.29 is 29.0 Å². The molecule has 2 amide bonds. The van der Waals surface area contributed by atoms with Crippen LogP contribution in [-0.4, -0.2) is 66.4 Å². The first-order valence-electron chi connectivity index (χ1n) is 11.6. The van der Waals surface area contributed by atoms with Gasteiger partial charge in [0.1, 0.15) is 6.61 Å². The molecule has 0 aromatic heterocycles. The van der Waals surface area contributed by atoms with Gasteiger partial charge in [-0.05, 0) is 41.5 Å². The molecule has 34 heavy (non-hydrogen) atoms. The van der Waals surface area contributed by atoms with E-state index >= 15 is 0 Å². The average Bonchev–Trinajstić information content (AvgIpc) is 3.55. The van der Waals surface area contributed by atoms with Crippen LogP contribution in [0, 0.1) is 11.8 Å². The maximum atomic E-state index is 12.8. The number of rotatable bonds is 6. The van der Waals surface area contributed by atoms with E-state index in [-0.39, 0.29) is 43.4 Å². The zero-order valence-electron chi connectivity index (χ0n) is 19.0. The molecule has 2 fully saturated rings. The van der Waals surface area contributed by atoms with Crippen molar-refractivity contribution in [2.75, 3.05) is 32.8 Å². The number of ether oxygens (including phenoxy) is 2. The van der Waals surface area contributed by atoms with Crippen LogP contribution in [-0.2, 0) is 19.1 Å². The van der Waals surface area contributed by atoms with Gasteiger partial charge in [-0.3, -0.25) is 4.79 Å². The summed E-state index contributed by atoms with van der Waals surface area (Å²) in [5.74, 6) is -1.32. The van der Waals surface area contributed by atoms with Crippen molar-refractivity contribution in [2.24, 2.45) is 11.8 Å². The van der Waals surface area contributed by atoms with Gasteiger partial charge in [-0.15, -0.1) is 0 Å². The fourth-order valence-corrected chi connectivity index (χ4v) is 5.06. The molecule has 1 saturated heterocycles. The van der Waals surface area contributed by atoms with Crippen LogP contribution in [0.4, 0.5) is 4.79 Å². The number of carbonyl (C=O) groups excluding carboxylic acids is 2. The molecule has 3 atom stereocenters. The van der Waals surface area contributed by atoms with Gasteiger partial charge in [-0.2, -0.15) is 0 Å². The zero-order chi connectivity index (χ0) is 23.9. The minimum atomic E-state index is -1.38. The highest BCUT2D eigenvalue weighted by molar-refractivity contribution is 5.84. The Morgan fingerprint density at radius 1 is 1.12 bits per heavy atom. The van der Waals surface area contributed by atoms with E-state index in [9.17, 15) is 19.5 Å². The van der Waals surface area contributed by atoms with Gasteiger partial charge in [-0.1, -0.05) is 48.5 Å². The number of carboxylic acids is 1. The van der Waals surface area contributed by atoms with Crippen LogP contribution in [0.3, 0.4) is 0 Å². The molecule has 1 aliphatic heterocycles. The Morgan fingerprint density at radius 2 is 1.76 bits per heavy atom. The Hall–Kier alpha value is -3.39. The summed E-state index contributed by atoms with van der Waals surface area (Å²) in [4.78, 5) is 38.2. The third-order valence-corrected chi connectivity index (χ3v) is 7.13. The summed E-state index contributed by atoms with van der Waals surface area (Å²) < 4.78 is 10.9. The second kappa shape index (κ2) is 8.76. The summed E-state index contributed by atoms with van der Waals surface area (Å²) in [7, 11) is 0. The van der Waals surface area contributed by atoms with Gasteiger partial charge in [0.05, 0.1) is 13.2 Å². The van der Waals surface area contributed by atoms with Crippen LogP contribution in [0.5, 0.6) is 0 Å². The molecule has 2 aliphatic carbocycles. The Balaban J connectivity index is 1.11. The lowest BCUT2D eigenvalue weighted by Gasteiger charge is -2.37. The zero-order valence-corrected chi connectivity index (χ0v) is 19.0. The van der Waals surface area contributed by atoms with E-state index in [2.05, 4.69) is 29.6 Å². The molecule has 0 radical (unpaired) electrons. The van der Waals surface area contributed by atoms with Crippen molar-refractivity contribution in [3.05, 3.63) is 59.7 Å². The van der Waals surface area contributed by atoms with Crippen molar-refractivity contribution >= 4 is 18.0 Å². The van der Waals surface area contributed by atoms with Gasteiger partial charge < -0.3 is 24.8 Å². The van der Waals surface area contributed by atoms with Crippen molar-refractivity contribution in [3.8, 4) is 11.1 Å². The molecule has 178 valence electrons. The van der Waals surface area contributed by atoms with Crippen LogP contribution in [0.15, 0.2) is 48.5 Å². The van der Waals surface area contributed by atoms with Gasteiger partial charge in [0.25, 0.3) is 0 Å². The first kappa shape index (κ1) is 22.4. The molecule has 0 bridgehead atoms. The number of aliphatic carboxylic acids is 1. The monoisotopic (exact) mass is 464 g/mol. The summed E-state index contributed by atoms with van der Waals surface area (Å²) in [6, 6.07) is 16.3. The number of morpholine rings is 1. The smallest absolute Gasteiger partial charge is 0.407 e. The fraction of sp³-hybridized carbons (Fsp3) is 0.423. The number of fused-ring (bicyclic) bond motifs is 3. The SMILES string of the molecule is CC1(C(=O)O)CN(C(=O)[C@H]2C[C@H]2CNC(=O)OCC2c3ccccc3-c3ccccc32)CCO1. The molecule has 0 spiro atoms. The quantitative estimate of drug-likeness (QED) is 0.681. The highest BCUT2D eigenvalue weighted by Crippen LogP contribution is 2.44. The maximum absolute atomic E-state index is 12.8. The Labute approximate surface area is 197 Å². The molecule has 2 aromatic rings. The molecular formula is C26H28N2O6. The maximum Gasteiger partial charge on any atom is 0.407 e. The molecular weight excluding hydrogens is 436 g/mol. The van der Waals surface area contributed by atoms with Gasteiger partial charge in [0.15, 0.2) is 5.60 Å². The molecule has 1 unspecified atom stereocenters. The van der Waals surface area contributed by atoms with Crippen molar-refractivity contribution in [2.45, 2.75) is 24.9 Å². The third kappa shape index (κ3) is 4.14. The first-order valence-corrected chi connectivity index (χ1v) is 11.6. The van der Waals surface area contributed by atoms with Crippen molar-refractivity contribution in [1.29, 1.82) is 0 Å². The minimum absolute atomic E-state index is 0.00160. The van der Waals surface area contributed by atoms with E-state index in [4.69, 9.17) is 9.47 Å². The van der Waals surface area contributed by atoms with Crippen LogP contribution in [0.2, 0.25) is 0 Å². The van der Waals surface area contributed by atoms with Crippen LogP contribution in [0.1, 0.15) is 30.4 Å². The molecule has 1 saturated carbocycles.